The van der Waals surface area contributed by atoms with E-state index in [1.54, 1.807) is 18.2 Å². The number of sulfonamides is 1. The normalized spacial score (nSPS) is 20.5. The number of rotatable bonds is 6. The standard InChI is InChI=1S/C21H23BrClFN2O3S/c1-13(14-2-6-16(24)7-3-14)25-21(27)15-4-8-17(9-5-15)26-30(28,29)18-10-11-19(22)20(23)12-18/h2-3,6-7,10-13,15,17,26H,4-5,8-9H2,1H3,(H,25,27)/t13-,15-,17-/m1/s1. The lowest BCUT2D eigenvalue weighted by molar-refractivity contribution is -0.126. The number of hydrogen-bond donors (Lipinski definition) is 2. The van der Waals surface area contributed by atoms with Crippen LogP contribution < -0.4 is 10.0 Å². The second kappa shape index (κ2) is 9.77. The molecule has 0 spiro atoms. The molecule has 0 unspecified atom stereocenters. The van der Waals surface area contributed by atoms with Crippen LogP contribution in [0.15, 0.2) is 51.8 Å². The molecular formula is C21H23BrClFN2O3S. The monoisotopic (exact) mass is 516 g/mol. The van der Waals surface area contributed by atoms with Gasteiger partial charge in [0.05, 0.1) is 16.0 Å². The zero-order valence-corrected chi connectivity index (χ0v) is 19.5. The van der Waals surface area contributed by atoms with Crippen molar-refractivity contribution < 1.29 is 17.6 Å². The van der Waals surface area contributed by atoms with Crippen LogP contribution in [0, 0.1) is 11.7 Å². The van der Waals surface area contributed by atoms with Gasteiger partial charge in [-0.15, -0.1) is 0 Å². The molecule has 3 rings (SSSR count). The fraction of sp³-hybridized carbons (Fsp3) is 0.381. The van der Waals surface area contributed by atoms with Crippen molar-refractivity contribution in [2.75, 3.05) is 0 Å². The van der Waals surface area contributed by atoms with E-state index in [4.69, 9.17) is 11.6 Å². The average molecular weight is 518 g/mol. The number of amides is 1. The molecule has 0 saturated heterocycles. The summed E-state index contributed by atoms with van der Waals surface area (Å²) in [7, 11) is -3.68. The van der Waals surface area contributed by atoms with Crippen molar-refractivity contribution in [3.05, 3.63) is 63.3 Å². The lowest BCUT2D eigenvalue weighted by atomic mass is 9.85. The van der Waals surface area contributed by atoms with Crippen molar-refractivity contribution in [2.24, 2.45) is 5.92 Å². The van der Waals surface area contributed by atoms with Gasteiger partial charge in [0.1, 0.15) is 5.82 Å². The SMILES string of the molecule is C[C@@H](NC(=O)[C@H]1CC[C@H](NS(=O)(=O)c2ccc(Br)c(Cl)c2)CC1)c1ccc(F)cc1. The second-order valence-electron chi connectivity index (χ2n) is 7.53. The Morgan fingerprint density at radius 1 is 1.13 bits per heavy atom. The fourth-order valence-electron chi connectivity index (χ4n) is 3.57. The lowest BCUT2D eigenvalue weighted by Crippen LogP contribution is -2.41. The van der Waals surface area contributed by atoms with Crippen molar-refractivity contribution in [1.82, 2.24) is 10.0 Å². The molecule has 1 aliphatic carbocycles. The summed E-state index contributed by atoms with van der Waals surface area (Å²) < 4.78 is 41.6. The summed E-state index contributed by atoms with van der Waals surface area (Å²) in [5.74, 6) is -0.549. The molecule has 2 aromatic rings. The zero-order valence-electron chi connectivity index (χ0n) is 16.4. The number of carbonyl (C=O) groups excluding carboxylic acids is 1. The summed E-state index contributed by atoms with van der Waals surface area (Å²) in [5.41, 5.74) is 0.833. The fourth-order valence-corrected chi connectivity index (χ4v) is 5.39. The van der Waals surface area contributed by atoms with Crippen molar-refractivity contribution >= 4 is 43.5 Å². The van der Waals surface area contributed by atoms with E-state index in [9.17, 15) is 17.6 Å². The number of benzene rings is 2. The Morgan fingerprint density at radius 3 is 2.37 bits per heavy atom. The summed E-state index contributed by atoms with van der Waals surface area (Å²) in [4.78, 5) is 12.7. The van der Waals surface area contributed by atoms with Gasteiger partial charge in [0.25, 0.3) is 0 Å². The Kier molecular flexibility index (Phi) is 7.55. The first-order chi connectivity index (χ1) is 14.2. The third-order valence-electron chi connectivity index (χ3n) is 5.35. The summed E-state index contributed by atoms with van der Waals surface area (Å²) in [5, 5.41) is 3.29. The molecule has 5 nitrogen and oxygen atoms in total. The van der Waals surface area contributed by atoms with Gasteiger partial charge in [-0.2, -0.15) is 0 Å². The van der Waals surface area contributed by atoms with E-state index in [0.717, 1.165) is 5.56 Å². The van der Waals surface area contributed by atoms with E-state index in [1.165, 1.54) is 24.3 Å². The highest BCUT2D eigenvalue weighted by Crippen LogP contribution is 2.28. The van der Waals surface area contributed by atoms with Crippen molar-refractivity contribution in [3.8, 4) is 0 Å². The molecule has 0 aliphatic heterocycles. The largest absolute Gasteiger partial charge is 0.349 e. The molecule has 1 amide bonds. The van der Waals surface area contributed by atoms with E-state index < -0.39 is 10.0 Å². The molecule has 0 bridgehead atoms. The molecular weight excluding hydrogens is 495 g/mol. The van der Waals surface area contributed by atoms with E-state index in [1.807, 2.05) is 6.92 Å². The van der Waals surface area contributed by atoms with Gasteiger partial charge in [-0.25, -0.2) is 17.5 Å². The van der Waals surface area contributed by atoms with E-state index in [0.29, 0.717) is 35.2 Å². The van der Waals surface area contributed by atoms with Gasteiger partial charge in [0.15, 0.2) is 0 Å². The van der Waals surface area contributed by atoms with Crippen LogP contribution in [0.4, 0.5) is 4.39 Å². The van der Waals surface area contributed by atoms with E-state index >= 15 is 0 Å². The van der Waals surface area contributed by atoms with Gasteiger partial charge in [0.2, 0.25) is 15.9 Å². The second-order valence-corrected chi connectivity index (χ2v) is 10.5. The predicted octanol–water partition coefficient (Wildman–Crippen LogP) is 4.96. The number of nitrogens with one attached hydrogen (secondary N) is 2. The highest BCUT2D eigenvalue weighted by Gasteiger charge is 2.30. The van der Waals surface area contributed by atoms with Crippen molar-refractivity contribution in [3.63, 3.8) is 0 Å². The molecule has 162 valence electrons. The van der Waals surface area contributed by atoms with Gasteiger partial charge in [0, 0.05) is 16.4 Å². The first kappa shape index (κ1) is 23.2. The third kappa shape index (κ3) is 5.81. The van der Waals surface area contributed by atoms with E-state index in [-0.39, 0.29) is 34.6 Å². The topological polar surface area (TPSA) is 75.3 Å². The Balaban J connectivity index is 1.53. The molecule has 1 saturated carbocycles. The summed E-state index contributed by atoms with van der Waals surface area (Å²) in [6, 6.07) is 10.1. The first-order valence-electron chi connectivity index (χ1n) is 9.69. The van der Waals surface area contributed by atoms with Crippen LogP contribution in [0.3, 0.4) is 0 Å². The quantitative estimate of drug-likeness (QED) is 0.569. The summed E-state index contributed by atoms with van der Waals surface area (Å²) in [6.45, 7) is 1.86. The van der Waals surface area contributed by atoms with E-state index in [2.05, 4.69) is 26.0 Å². The van der Waals surface area contributed by atoms with Crippen LogP contribution in [-0.4, -0.2) is 20.4 Å². The molecule has 1 atom stereocenters. The Hall–Kier alpha value is -1.48. The average Bonchev–Trinajstić information content (AvgIpc) is 2.70. The summed E-state index contributed by atoms with van der Waals surface area (Å²) in [6.07, 6.45) is 2.34. The Bertz CT molecular complexity index is 1010. The van der Waals surface area contributed by atoms with Crippen LogP contribution in [0.5, 0.6) is 0 Å². The minimum atomic E-state index is -3.68. The zero-order chi connectivity index (χ0) is 21.9. The van der Waals surface area contributed by atoms with Gasteiger partial charge in [-0.05, 0) is 84.4 Å². The molecule has 30 heavy (non-hydrogen) atoms. The van der Waals surface area contributed by atoms with Crippen LogP contribution >= 0.6 is 27.5 Å². The van der Waals surface area contributed by atoms with Gasteiger partial charge < -0.3 is 5.32 Å². The lowest BCUT2D eigenvalue weighted by Gasteiger charge is -2.29. The smallest absolute Gasteiger partial charge is 0.240 e. The molecule has 9 heteroatoms. The molecule has 1 fully saturated rings. The first-order valence-corrected chi connectivity index (χ1v) is 12.3. The van der Waals surface area contributed by atoms with Crippen molar-refractivity contribution in [2.45, 2.75) is 49.6 Å². The minimum Gasteiger partial charge on any atom is -0.349 e. The molecule has 0 heterocycles. The highest BCUT2D eigenvalue weighted by molar-refractivity contribution is 9.10. The number of halogens is 3. The maximum absolute atomic E-state index is 13.1. The van der Waals surface area contributed by atoms with Gasteiger partial charge >= 0.3 is 0 Å². The minimum absolute atomic E-state index is 0.0622. The molecule has 0 radical (unpaired) electrons. The molecule has 2 aromatic carbocycles. The van der Waals surface area contributed by atoms with Crippen LogP contribution in [0.2, 0.25) is 5.02 Å². The Morgan fingerprint density at radius 2 is 1.77 bits per heavy atom. The highest BCUT2D eigenvalue weighted by atomic mass is 79.9. The molecule has 1 aliphatic rings. The maximum Gasteiger partial charge on any atom is 0.240 e. The van der Waals surface area contributed by atoms with Gasteiger partial charge in [-0.1, -0.05) is 23.7 Å². The number of hydrogen-bond acceptors (Lipinski definition) is 3. The summed E-state index contributed by atoms with van der Waals surface area (Å²) >= 11 is 9.26. The van der Waals surface area contributed by atoms with Crippen molar-refractivity contribution in [1.29, 1.82) is 0 Å². The third-order valence-corrected chi connectivity index (χ3v) is 8.10. The van der Waals surface area contributed by atoms with Crippen LogP contribution in [0.25, 0.3) is 0 Å². The molecule has 0 aromatic heterocycles. The Labute approximate surface area is 189 Å². The predicted molar refractivity (Wildman–Crippen MR) is 118 cm³/mol. The van der Waals surface area contributed by atoms with Gasteiger partial charge in [-0.3, -0.25) is 4.79 Å². The van der Waals surface area contributed by atoms with Crippen LogP contribution in [0.1, 0.15) is 44.2 Å². The van der Waals surface area contributed by atoms with Crippen LogP contribution in [-0.2, 0) is 14.8 Å². The maximum atomic E-state index is 13.1. The molecule has 2 N–H and O–H groups in total. The number of carbonyl (C=O) groups is 1.